The van der Waals surface area contributed by atoms with Gasteiger partial charge in [-0.2, -0.15) is 0 Å². The molecule has 1 aliphatic heterocycles. The minimum atomic E-state index is -0.444. The number of nitro benzene ring substituents is 1. The number of non-ortho nitro benzene ring substituents is 1. The maximum Gasteiger partial charge on any atom is 0.271 e. The van der Waals surface area contributed by atoms with Gasteiger partial charge < -0.3 is 4.90 Å². The minimum absolute atomic E-state index is 0.0109. The van der Waals surface area contributed by atoms with Gasteiger partial charge in [-0.3, -0.25) is 14.9 Å². The highest BCUT2D eigenvalue weighted by Gasteiger charge is 2.45. The van der Waals surface area contributed by atoms with Crippen molar-refractivity contribution >= 4 is 28.8 Å². The van der Waals surface area contributed by atoms with Crippen LogP contribution in [0.1, 0.15) is 25.7 Å². The number of rotatable bonds is 2. The Hall–Kier alpha value is -1.62. The molecule has 1 saturated carbocycles. The maximum absolute atomic E-state index is 11.2. The first-order valence-corrected chi connectivity index (χ1v) is 7.08. The van der Waals surface area contributed by atoms with Gasteiger partial charge in [-0.25, -0.2) is 0 Å². The molecule has 1 aromatic rings. The number of piperidine rings is 1. The molecule has 3 rings (SSSR count). The van der Waals surface area contributed by atoms with Gasteiger partial charge in [0.05, 0.1) is 15.6 Å². The lowest BCUT2D eigenvalue weighted by molar-refractivity contribution is -0.384. The Morgan fingerprint density at radius 2 is 1.90 bits per heavy atom. The van der Waals surface area contributed by atoms with Gasteiger partial charge in [0, 0.05) is 38.1 Å². The van der Waals surface area contributed by atoms with Gasteiger partial charge in [-0.1, -0.05) is 11.6 Å². The summed E-state index contributed by atoms with van der Waals surface area (Å²) >= 11 is 6.15. The van der Waals surface area contributed by atoms with Gasteiger partial charge >= 0.3 is 0 Å². The number of carbonyl (C=O) groups excluding carboxylic acids is 1. The SMILES string of the molecule is O=C1CC2(CCN(c3ccc([N+](=O)[O-])cc3Cl)CC2)C1. The molecule has 6 heteroatoms. The van der Waals surface area contributed by atoms with E-state index in [-0.39, 0.29) is 11.1 Å². The fraction of sp³-hybridized carbons (Fsp3) is 0.500. The summed E-state index contributed by atoms with van der Waals surface area (Å²) in [6.45, 7) is 1.70. The smallest absolute Gasteiger partial charge is 0.271 e. The Morgan fingerprint density at radius 1 is 1.25 bits per heavy atom. The molecular formula is C14H15ClN2O3. The van der Waals surface area contributed by atoms with Crippen molar-refractivity contribution in [3.05, 3.63) is 33.3 Å². The molecular weight excluding hydrogens is 280 g/mol. The molecule has 5 nitrogen and oxygen atoms in total. The summed E-state index contributed by atoms with van der Waals surface area (Å²) in [5, 5.41) is 11.1. The average Bonchev–Trinajstić information content (AvgIpc) is 2.38. The molecule has 20 heavy (non-hydrogen) atoms. The number of nitrogens with zero attached hydrogens (tertiary/aromatic N) is 2. The Bertz CT molecular complexity index is 570. The molecule has 106 valence electrons. The number of halogens is 1. The van der Waals surface area contributed by atoms with Gasteiger partial charge in [-0.05, 0) is 24.3 Å². The number of benzene rings is 1. The van der Waals surface area contributed by atoms with E-state index in [9.17, 15) is 14.9 Å². The highest BCUT2D eigenvalue weighted by Crippen LogP contribution is 2.47. The molecule has 2 aliphatic rings. The molecule has 0 aromatic heterocycles. The van der Waals surface area contributed by atoms with Gasteiger partial charge in [-0.15, -0.1) is 0 Å². The Kier molecular flexibility index (Phi) is 3.17. The molecule has 0 radical (unpaired) electrons. The number of hydrogen-bond donors (Lipinski definition) is 0. The van der Waals surface area contributed by atoms with Crippen LogP contribution in [0.5, 0.6) is 0 Å². The van der Waals surface area contributed by atoms with Gasteiger partial charge in [0.1, 0.15) is 5.78 Å². The quantitative estimate of drug-likeness (QED) is 0.621. The second-order valence-corrected chi connectivity index (χ2v) is 6.18. The van der Waals surface area contributed by atoms with E-state index in [1.807, 2.05) is 0 Å². The Labute approximate surface area is 121 Å². The van der Waals surface area contributed by atoms with Crippen LogP contribution in [-0.4, -0.2) is 23.8 Å². The van der Waals surface area contributed by atoms with Crippen molar-refractivity contribution in [1.82, 2.24) is 0 Å². The summed E-state index contributed by atoms with van der Waals surface area (Å²) in [7, 11) is 0. The van der Waals surface area contributed by atoms with Gasteiger partial charge in [0.2, 0.25) is 0 Å². The van der Waals surface area contributed by atoms with Crippen molar-refractivity contribution in [2.75, 3.05) is 18.0 Å². The number of hydrogen-bond acceptors (Lipinski definition) is 4. The number of carbonyl (C=O) groups is 1. The molecule has 2 fully saturated rings. The Balaban J connectivity index is 1.72. The first-order chi connectivity index (χ1) is 9.49. The van der Waals surface area contributed by atoms with E-state index in [1.54, 1.807) is 6.07 Å². The van der Waals surface area contributed by atoms with Crippen molar-refractivity contribution < 1.29 is 9.72 Å². The first-order valence-electron chi connectivity index (χ1n) is 6.70. The van der Waals surface area contributed by atoms with Crippen molar-refractivity contribution in [3.63, 3.8) is 0 Å². The van der Waals surface area contributed by atoms with E-state index >= 15 is 0 Å². The topological polar surface area (TPSA) is 63.5 Å². The van der Waals surface area contributed by atoms with Crippen molar-refractivity contribution in [1.29, 1.82) is 0 Å². The van der Waals surface area contributed by atoms with Crippen LogP contribution in [0.2, 0.25) is 5.02 Å². The molecule has 0 bridgehead atoms. The van der Waals surface area contributed by atoms with Gasteiger partial charge in [0.15, 0.2) is 0 Å². The summed E-state index contributed by atoms with van der Waals surface area (Å²) in [6, 6.07) is 4.59. The molecule has 0 N–H and O–H groups in total. The predicted octanol–water partition coefficient (Wildman–Crippen LogP) is 3.20. The zero-order valence-electron chi connectivity index (χ0n) is 11.0. The summed E-state index contributed by atoms with van der Waals surface area (Å²) in [5.41, 5.74) is 1.08. The van der Waals surface area contributed by atoms with E-state index in [2.05, 4.69) is 4.90 Å². The molecule has 0 unspecified atom stereocenters. The summed E-state index contributed by atoms with van der Waals surface area (Å²) in [6.07, 6.45) is 3.42. The third-order valence-corrected chi connectivity index (χ3v) is 4.75. The van der Waals surface area contributed by atoms with Crippen LogP contribution in [0.3, 0.4) is 0 Å². The standard InChI is InChI=1S/C14H15ClN2O3/c15-12-7-10(17(19)20)1-2-13(12)16-5-3-14(4-6-16)8-11(18)9-14/h1-2,7H,3-6,8-9H2. The van der Waals surface area contributed by atoms with Crippen LogP contribution >= 0.6 is 11.6 Å². The zero-order valence-corrected chi connectivity index (χ0v) is 11.7. The van der Waals surface area contributed by atoms with Gasteiger partial charge in [0.25, 0.3) is 5.69 Å². The van der Waals surface area contributed by atoms with E-state index in [0.29, 0.717) is 10.8 Å². The molecule has 1 aliphatic carbocycles. The second kappa shape index (κ2) is 4.74. The van der Waals surface area contributed by atoms with E-state index < -0.39 is 4.92 Å². The normalized spacial score (nSPS) is 20.9. The van der Waals surface area contributed by atoms with Crippen molar-refractivity contribution in [2.24, 2.45) is 5.41 Å². The lowest BCUT2D eigenvalue weighted by atomic mass is 9.62. The van der Waals surface area contributed by atoms with Crippen LogP contribution in [0, 0.1) is 15.5 Å². The van der Waals surface area contributed by atoms with E-state index in [0.717, 1.165) is 44.5 Å². The molecule has 1 saturated heterocycles. The minimum Gasteiger partial charge on any atom is -0.370 e. The maximum atomic E-state index is 11.2. The molecule has 1 heterocycles. The van der Waals surface area contributed by atoms with E-state index in [1.165, 1.54) is 12.1 Å². The highest BCUT2D eigenvalue weighted by atomic mass is 35.5. The van der Waals surface area contributed by atoms with Crippen LogP contribution in [0.15, 0.2) is 18.2 Å². The average molecular weight is 295 g/mol. The molecule has 0 amide bonds. The van der Waals surface area contributed by atoms with Crippen molar-refractivity contribution in [2.45, 2.75) is 25.7 Å². The molecule has 0 atom stereocenters. The van der Waals surface area contributed by atoms with Crippen molar-refractivity contribution in [3.8, 4) is 0 Å². The fourth-order valence-electron chi connectivity index (χ4n) is 3.23. The molecule has 1 aromatic carbocycles. The second-order valence-electron chi connectivity index (χ2n) is 5.77. The van der Waals surface area contributed by atoms with Crippen LogP contribution in [0.4, 0.5) is 11.4 Å². The summed E-state index contributed by atoms with van der Waals surface area (Å²) in [5.74, 6) is 0.367. The third kappa shape index (κ3) is 2.26. The number of anilines is 1. The largest absolute Gasteiger partial charge is 0.370 e. The zero-order chi connectivity index (χ0) is 14.3. The van der Waals surface area contributed by atoms with E-state index in [4.69, 9.17) is 11.6 Å². The molecule has 1 spiro atoms. The first kappa shape index (κ1) is 13.4. The number of nitro groups is 1. The number of ketones is 1. The Morgan fingerprint density at radius 3 is 2.40 bits per heavy atom. The lowest BCUT2D eigenvalue weighted by Gasteiger charge is -2.47. The van der Waals surface area contributed by atoms with Crippen LogP contribution in [0.25, 0.3) is 0 Å². The monoisotopic (exact) mass is 294 g/mol. The predicted molar refractivity (Wildman–Crippen MR) is 76.2 cm³/mol. The number of Topliss-reactive ketones (excluding diaryl/α,β-unsaturated/α-hetero) is 1. The lowest BCUT2D eigenvalue weighted by Crippen LogP contribution is -2.47. The highest BCUT2D eigenvalue weighted by molar-refractivity contribution is 6.33. The van der Waals surface area contributed by atoms with Crippen LogP contribution < -0.4 is 4.90 Å². The third-order valence-electron chi connectivity index (χ3n) is 4.45. The fourth-order valence-corrected chi connectivity index (χ4v) is 3.52. The summed E-state index contributed by atoms with van der Waals surface area (Å²) < 4.78 is 0. The van der Waals surface area contributed by atoms with Crippen LogP contribution in [-0.2, 0) is 4.79 Å². The summed E-state index contributed by atoms with van der Waals surface area (Å²) in [4.78, 5) is 23.6.